The van der Waals surface area contributed by atoms with E-state index < -0.39 is 29.1 Å². The first kappa shape index (κ1) is 18.6. The van der Waals surface area contributed by atoms with Crippen LogP contribution in [0.15, 0.2) is 11.6 Å². The molecule has 4 aliphatic rings. The molecule has 0 aliphatic heterocycles. The van der Waals surface area contributed by atoms with Crippen LogP contribution in [0.3, 0.4) is 0 Å². The van der Waals surface area contributed by atoms with Gasteiger partial charge in [-0.2, -0.15) is 0 Å². The average Bonchev–Trinajstić information content (AvgIpc) is 2.73. The van der Waals surface area contributed by atoms with Crippen LogP contribution in [0.4, 0.5) is 0 Å². The monoisotopic (exact) mass is 364 g/mol. The maximum Gasteiger partial charge on any atom is 0.136 e. The number of rotatable bonds is 1. The van der Waals surface area contributed by atoms with Gasteiger partial charge in [-0.25, -0.2) is 0 Å². The van der Waals surface area contributed by atoms with E-state index in [1.807, 2.05) is 6.92 Å². The number of hydrogen-bond acceptors (Lipinski definition) is 5. The third kappa shape index (κ3) is 2.03. The van der Waals surface area contributed by atoms with Crippen molar-refractivity contribution in [3.05, 3.63) is 11.6 Å². The fourth-order valence-electron chi connectivity index (χ4n) is 7.39. The summed E-state index contributed by atoms with van der Waals surface area (Å²) < 4.78 is 0. The molecule has 0 amide bonds. The number of aliphatic hydroxyl groups excluding tert-OH is 3. The third-order valence-corrected chi connectivity index (χ3v) is 8.80. The molecule has 5 nitrogen and oxygen atoms in total. The zero-order chi connectivity index (χ0) is 19.1. The molecule has 26 heavy (non-hydrogen) atoms. The quantitative estimate of drug-likeness (QED) is 0.530. The van der Waals surface area contributed by atoms with Crippen LogP contribution in [0, 0.1) is 28.6 Å². The predicted molar refractivity (Wildman–Crippen MR) is 96.1 cm³/mol. The number of Topliss-reactive ketones (excluding diaryl/α,β-unsaturated/α-hetero) is 1. The van der Waals surface area contributed by atoms with E-state index in [0.717, 1.165) is 19.3 Å². The number of ketones is 1. The second-order valence-electron chi connectivity index (χ2n) is 9.80. The van der Waals surface area contributed by atoms with Crippen molar-refractivity contribution in [2.24, 2.45) is 28.6 Å². The standard InChI is InChI=1S/C21H32O5/c1-11(22)16-17(24)18(25)21(26)15-5-4-12-10-13(23)6-8-19(12,2)14(15)7-9-20(16,21)3/h4,13-18,23-26H,5-10H2,1-3H3/t13-,14-,15+,16-,17-,18-,19-,20+,21+/m0/s1. The minimum absolute atomic E-state index is 0.0851. The van der Waals surface area contributed by atoms with Crippen molar-refractivity contribution in [2.45, 2.75) is 83.2 Å². The van der Waals surface area contributed by atoms with E-state index in [4.69, 9.17) is 0 Å². The first-order chi connectivity index (χ1) is 12.1. The number of fused-ring (bicyclic) bond motifs is 5. The van der Waals surface area contributed by atoms with Gasteiger partial charge < -0.3 is 20.4 Å². The second-order valence-corrected chi connectivity index (χ2v) is 9.80. The molecular formula is C21H32O5. The molecule has 0 heterocycles. The maximum atomic E-state index is 12.3. The van der Waals surface area contributed by atoms with Crippen LogP contribution in [-0.2, 0) is 4.79 Å². The van der Waals surface area contributed by atoms with Crippen LogP contribution in [0.1, 0.15) is 59.3 Å². The summed E-state index contributed by atoms with van der Waals surface area (Å²) in [5, 5.41) is 43.4. The highest BCUT2D eigenvalue weighted by molar-refractivity contribution is 5.81. The lowest BCUT2D eigenvalue weighted by Crippen LogP contribution is -2.64. The fraction of sp³-hybridized carbons (Fsp3) is 0.857. The Morgan fingerprint density at radius 2 is 1.81 bits per heavy atom. The van der Waals surface area contributed by atoms with Gasteiger partial charge in [0, 0.05) is 5.41 Å². The molecule has 4 rings (SSSR count). The van der Waals surface area contributed by atoms with Gasteiger partial charge in [0.05, 0.1) is 18.1 Å². The van der Waals surface area contributed by atoms with Crippen molar-refractivity contribution in [2.75, 3.05) is 0 Å². The first-order valence-corrected chi connectivity index (χ1v) is 10.0. The highest BCUT2D eigenvalue weighted by Gasteiger charge is 2.73. The van der Waals surface area contributed by atoms with E-state index in [2.05, 4.69) is 13.0 Å². The van der Waals surface area contributed by atoms with Crippen LogP contribution >= 0.6 is 0 Å². The molecule has 0 saturated heterocycles. The first-order valence-electron chi connectivity index (χ1n) is 10.0. The normalized spacial score (nSPS) is 56.2. The Hall–Kier alpha value is -0.750. The molecule has 0 spiro atoms. The molecule has 0 bridgehead atoms. The molecule has 0 radical (unpaired) electrons. The van der Waals surface area contributed by atoms with Crippen molar-refractivity contribution in [3.63, 3.8) is 0 Å². The molecular weight excluding hydrogens is 332 g/mol. The average molecular weight is 364 g/mol. The molecule has 9 atom stereocenters. The van der Waals surface area contributed by atoms with E-state index in [1.165, 1.54) is 12.5 Å². The SMILES string of the molecule is CC(=O)[C@H]1[C@H](O)[C@H](O)[C@]2(O)[C@@H]3CC=C4C[C@@H](O)CC[C@]4(C)[C@H]3CC[C@]12C. The number of hydrogen-bond donors (Lipinski definition) is 4. The van der Waals surface area contributed by atoms with Crippen LogP contribution in [0.5, 0.6) is 0 Å². The molecule has 146 valence electrons. The van der Waals surface area contributed by atoms with Gasteiger partial charge in [0.15, 0.2) is 0 Å². The Labute approximate surface area is 155 Å². The summed E-state index contributed by atoms with van der Waals surface area (Å²) in [5.41, 5.74) is -1.08. The van der Waals surface area contributed by atoms with Gasteiger partial charge in [-0.1, -0.05) is 25.5 Å². The third-order valence-electron chi connectivity index (χ3n) is 8.80. The topological polar surface area (TPSA) is 98.0 Å². The molecule has 0 aromatic rings. The van der Waals surface area contributed by atoms with E-state index >= 15 is 0 Å². The van der Waals surface area contributed by atoms with Crippen molar-refractivity contribution in [3.8, 4) is 0 Å². The van der Waals surface area contributed by atoms with Crippen molar-refractivity contribution in [1.29, 1.82) is 0 Å². The lowest BCUT2D eigenvalue weighted by atomic mass is 9.45. The molecule has 4 aliphatic carbocycles. The van der Waals surface area contributed by atoms with Gasteiger partial charge in [0.2, 0.25) is 0 Å². The Kier molecular flexibility index (Phi) is 4.03. The minimum atomic E-state index is -1.47. The number of carbonyl (C=O) groups excluding carboxylic acids is 1. The van der Waals surface area contributed by atoms with Gasteiger partial charge in [0.1, 0.15) is 17.5 Å². The van der Waals surface area contributed by atoms with Gasteiger partial charge >= 0.3 is 0 Å². The number of carbonyl (C=O) groups is 1. The smallest absolute Gasteiger partial charge is 0.136 e. The summed E-state index contributed by atoms with van der Waals surface area (Å²) in [7, 11) is 0. The number of aliphatic hydroxyl groups is 4. The van der Waals surface area contributed by atoms with E-state index in [9.17, 15) is 25.2 Å². The van der Waals surface area contributed by atoms with Crippen molar-refractivity contribution >= 4 is 5.78 Å². The highest BCUT2D eigenvalue weighted by atomic mass is 16.4. The summed E-state index contributed by atoms with van der Waals surface area (Å²) in [4.78, 5) is 12.3. The second kappa shape index (κ2) is 5.63. The molecule has 5 heteroatoms. The lowest BCUT2D eigenvalue weighted by Gasteiger charge is -2.61. The summed E-state index contributed by atoms with van der Waals surface area (Å²) in [6.07, 6.45) is 3.78. The molecule has 0 aromatic carbocycles. The van der Waals surface area contributed by atoms with Crippen molar-refractivity contribution in [1.82, 2.24) is 0 Å². The Balaban J connectivity index is 1.79. The van der Waals surface area contributed by atoms with E-state index in [-0.39, 0.29) is 29.1 Å². The largest absolute Gasteiger partial charge is 0.393 e. The van der Waals surface area contributed by atoms with E-state index in [0.29, 0.717) is 19.3 Å². The molecule has 0 unspecified atom stereocenters. The summed E-state index contributed by atoms with van der Waals surface area (Å²) in [6, 6.07) is 0. The molecule has 3 fully saturated rings. The molecule has 0 aromatic heterocycles. The summed E-state index contributed by atoms with van der Waals surface area (Å²) in [6.45, 7) is 5.56. The van der Waals surface area contributed by atoms with Crippen molar-refractivity contribution < 1.29 is 25.2 Å². The maximum absolute atomic E-state index is 12.3. The highest BCUT2D eigenvalue weighted by Crippen LogP contribution is 2.67. The Bertz CT molecular complexity index is 659. The molecule has 4 N–H and O–H groups in total. The van der Waals surface area contributed by atoms with Crippen LogP contribution in [0.2, 0.25) is 0 Å². The van der Waals surface area contributed by atoms with Gasteiger partial charge in [-0.05, 0) is 62.7 Å². The van der Waals surface area contributed by atoms with Gasteiger partial charge in [0.25, 0.3) is 0 Å². The lowest BCUT2D eigenvalue weighted by molar-refractivity contribution is -0.215. The Morgan fingerprint density at radius 1 is 1.12 bits per heavy atom. The fourth-order valence-corrected chi connectivity index (χ4v) is 7.39. The van der Waals surface area contributed by atoms with Crippen LogP contribution in [0.25, 0.3) is 0 Å². The predicted octanol–water partition coefficient (Wildman–Crippen LogP) is 1.57. The zero-order valence-corrected chi connectivity index (χ0v) is 16.0. The zero-order valence-electron chi connectivity index (χ0n) is 16.0. The van der Waals surface area contributed by atoms with Crippen LogP contribution in [-0.4, -0.2) is 50.1 Å². The van der Waals surface area contributed by atoms with Crippen LogP contribution < -0.4 is 0 Å². The summed E-state index contributed by atoms with van der Waals surface area (Å²) >= 11 is 0. The minimum Gasteiger partial charge on any atom is -0.393 e. The number of allylic oxidation sites excluding steroid dienone is 1. The molecule has 3 saturated carbocycles. The summed E-state index contributed by atoms with van der Waals surface area (Å²) in [5.74, 6) is -0.873. The van der Waals surface area contributed by atoms with Gasteiger partial charge in [-0.15, -0.1) is 0 Å². The Morgan fingerprint density at radius 3 is 2.46 bits per heavy atom. The van der Waals surface area contributed by atoms with Gasteiger partial charge in [-0.3, -0.25) is 4.79 Å². The van der Waals surface area contributed by atoms with E-state index in [1.54, 1.807) is 0 Å².